The van der Waals surface area contributed by atoms with Crippen LogP contribution in [-0.2, 0) is 9.53 Å². The minimum Gasteiger partial charge on any atom is -0.379 e. The molecule has 1 atom stereocenters. The molecule has 7 nitrogen and oxygen atoms in total. The number of hydrogen-bond donors (Lipinski definition) is 1. The van der Waals surface area contributed by atoms with Gasteiger partial charge in [-0.05, 0) is 58.2 Å². The lowest BCUT2D eigenvalue weighted by Gasteiger charge is -2.21. The quantitative estimate of drug-likeness (QED) is 0.331. The summed E-state index contributed by atoms with van der Waals surface area (Å²) in [6.07, 6.45) is 5.11. The third kappa shape index (κ3) is 5.39. The molecule has 3 heterocycles. The second-order valence-corrected chi connectivity index (χ2v) is 9.80. The number of thiocarbonyl (C=S) groups is 1. The molecular formula is C23H30N4O3S2. The Morgan fingerprint density at radius 2 is 2.03 bits per heavy atom. The summed E-state index contributed by atoms with van der Waals surface area (Å²) in [5.74, 6) is 0.289. The largest absolute Gasteiger partial charge is 0.379 e. The maximum Gasteiger partial charge on any atom is 0.267 e. The Kier molecular flexibility index (Phi) is 8.08. The van der Waals surface area contributed by atoms with E-state index in [-0.39, 0.29) is 23.6 Å². The Labute approximate surface area is 198 Å². The summed E-state index contributed by atoms with van der Waals surface area (Å²) >= 11 is 6.66. The van der Waals surface area contributed by atoms with Gasteiger partial charge in [0.25, 0.3) is 11.5 Å². The predicted octanol–water partition coefficient (Wildman–Crippen LogP) is 4.23. The zero-order chi connectivity index (χ0) is 23.4. The van der Waals surface area contributed by atoms with Crippen molar-refractivity contribution in [1.29, 1.82) is 0 Å². The normalized spacial score (nSPS) is 16.6. The highest BCUT2D eigenvalue weighted by molar-refractivity contribution is 8.26. The van der Waals surface area contributed by atoms with Crippen LogP contribution < -0.4 is 10.9 Å². The van der Waals surface area contributed by atoms with E-state index >= 15 is 0 Å². The van der Waals surface area contributed by atoms with Crippen molar-refractivity contribution in [2.75, 3.05) is 18.5 Å². The highest BCUT2D eigenvalue weighted by atomic mass is 32.2. The average Bonchev–Trinajstić information content (AvgIpc) is 3.03. The van der Waals surface area contributed by atoms with Crippen molar-refractivity contribution < 1.29 is 9.53 Å². The SMILES string of the molecule is CC[C@@H](C)N1C(=O)/C(=C/c2c(NCCCOC(C)C)nc3ccc(C)cn3c2=O)SC1=S. The Morgan fingerprint density at radius 3 is 2.72 bits per heavy atom. The number of hydrogen-bond acceptors (Lipinski definition) is 7. The first-order valence-corrected chi connectivity index (χ1v) is 12.1. The number of pyridine rings is 1. The van der Waals surface area contributed by atoms with Crippen LogP contribution in [0.5, 0.6) is 0 Å². The molecule has 32 heavy (non-hydrogen) atoms. The molecule has 1 N–H and O–H groups in total. The van der Waals surface area contributed by atoms with E-state index in [0.717, 1.165) is 18.4 Å². The van der Waals surface area contributed by atoms with Crippen LogP contribution in [-0.4, -0.2) is 49.8 Å². The van der Waals surface area contributed by atoms with Gasteiger partial charge in [0, 0.05) is 25.4 Å². The van der Waals surface area contributed by atoms with Crippen LogP contribution in [0.2, 0.25) is 0 Å². The number of aromatic nitrogens is 2. The first-order chi connectivity index (χ1) is 15.2. The van der Waals surface area contributed by atoms with E-state index in [1.807, 2.05) is 46.8 Å². The Morgan fingerprint density at radius 1 is 1.28 bits per heavy atom. The van der Waals surface area contributed by atoms with Crippen LogP contribution >= 0.6 is 24.0 Å². The molecule has 2 aromatic rings. The second-order valence-electron chi connectivity index (χ2n) is 8.12. The molecule has 172 valence electrons. The van der Waals surface area contributed by atoms with Crippen molar-refractivity contribution in [3.05, 3.63) is 44.7 Å². The fourth-order valence-electron chi connectivity index (χ4n) is 3.30. The van der Waals surface area contributed by atoms with Gasteiger partial charge in [0.1, 0.15) is 15.8 Å². The van der Waals surface area contributed by atoms with E-state index in [4.69, 9.17) is 17.0 Å². The minimum atomic E-state index is -0.228. The summed E-state index contributed by atoms with van der Waals surface area (Å²) in [5.41, 5.74) is 1.61. The maximum atomic E-state index is 13.4. The second kappa shape index (κ2) is 10.6. The molecule has 0 unspecified atom stereocenters. The number of fused-ring (bicyclic) bond motifs is 1. The monoisotopic (exact) mass is 474 g/mol. The summed E-state index contributed by atoms with van der Waals surface area (Å²) in [6.45, 7) is 11.1. The van der Waals surface area contributed by atoms with Crippen LogP contribution in [0.15, 0.2) is 28.0 Å². The fourth-order valence-corrected chi connectivity index (χ4v) is 4.74. The van der Waals surface area contributed by atoms with Crippen molar-refractivity contribution in [3.63, 3.8) is 0 Å². The Hall–Kier alpha value is -2.23. The van der Waals surface area contributed by atoms with Crippen LogP contribution in [0.25, 0.3) is 11.7 Å². The summed E-state index contributed by atoms with van der Waals surface area (Å²) in [5, 5.41) is 3.26. The van der Waals surface area contributed by atoms with Crippen LogP contribution in [0.3, 0.4) is 0 Å². The number of nitrogens with zero attached hydrogens (tertiary/aromatic N) is 3. The maximum absolute atomic E-state index is 13.4. The molecule has 9 heteroatoms. The van der Waals surface area contributed by atoms with Crippen molar-refractivity contribution in [3.8, 4) is 0 Å². The number of aryl methyl sites for hydroxylation is 1. The van der Waals surface area contributed by atoms with Gasteiger partial charge in [-0.15, -0.1) is 0 Å². The first-order valence-electron chi connectivity index (χ1n) is 10.9. The summed E-state index contributed by atoms with van der Waals surface area (Å²) < 4.78 is 7.62. The van der Waals surface area contributed by atoms with Gasteiger partial charge in [-0.3, -0.25) is 18.9 Å². The molecule has 1 aliphatic heterocycles. The Balaban J connectivity index is 1.99. The van der Waals surface area contributed by atoms with Gasteiger partial charge in [0.2, 0.25) is 0 Å². The molecule has 2 aromatic heterocycles. The van der Waals surface area contributed by atoms with E-state index in [2.05, 4.69) is 10.3 Å². The number of rotatable bonds is 9. The van der Waals surface area contributed by atoms with Gasteiger partial charge in [-0.25, -0.2) is 4.98 Å². The first kappa shape index (κ1) is 24.4. The summed E-state index contributed by atoms with van der Waals surface area (Å²) in [4.78, 5) is 33.1. The van der Waals surface area contributed by atoms with Crippen LogP contribution in [0.4, 0.5) is 5.82 Å². The predicted molar refractivity (Wildman–Crippen MR) is 135 cm³/mol. The summed E-state index contributed by atoms with van der Waals surface area (Å²) in [7, 11) is 0. The molecule has 0 saturated carbocycles. The molecular weight excluding hydrogens is 444 g/mol. The number of nitrogens with one attached hydrogen (secondary N) is 1. The molecule has 1 aliphatic rings. The number of carbonyl (C=O) groups excluding carboxylic acids is 1. The molecule has 0 bridgehead atoms. The highest BCUT2D eigenvalue weighted by Crippen LogP contribution is 2.34. The lowest BCUT2D eigenvalue weighted by molar-refractivity contribution is -0.123. The molecule has 1 amide bonds. The standard InChI is InChI=1S/C23H30N4O3S2/c1-6-16(5)27-22(29)18(32-23(27)31)12-17-20(24-10-7-11-30-14(2)3)25-19-9-8-15(4)13-26(19)21(17)28/h8-9,12-14,16,24H,6-7,10-11H2,1-5H3/b18-12-/t16-/m1/s1. The van der Waals surface area contributed by atoms with Gasteiger partial charge in [0.05, 0.1) is 16.6 Å². The van der Waals surface area contributed by atoms with Crippen LogP contribution in [0, 0.1) is 6.92 Å². The van der Waals surface area contributed by atoms with Crippen LogP contribution in [0.1, 0.15) is 51.7 Å². The fraction of sp³-hybridized carbons (Fsp3) is 0.478. The zero-order valence-electron chi connectivity index (χ0n) is 19.2. The van der Waals surface area contributed by atoms with Crippen molar-refractivity contribution >= 4 is 51.7 Å². The van der Waals surface area contributed by atoms with Crippen molar-refractivity contribution in [2.45, 2.75) is 59.6 Å². The van der Waals surface area contributed by atoms with E-state index in [1.54, 1.807) is 17.2 Å². The molecule has 0 aromatic carbocycles. The van der Waals surface area contributed by atoms with Gasteiger partial charge in [-0.2, -0.15) is 0 Å². The molecule has 0 radical (unpaired) electrons. The van der Waals surface area contributed by atoms with E-state index in [0.29, 0.717) is 39.4 Å². The molecule has 0 aliphatic carbocycles. The smallest absolute Gasteiger partial charge is 0.267 e. The van der Waals surface area contributed by atoms with E-state index in [9.17, 15) is 9.59 Å². The third-order valence-electron chi connectivity index (χ3n) is 5.20. The number of thioether (sulfide) groups is 1. The van der Waals surface area contributed by atoms with Gasteiger partial charge >= 0.3 is 0 Å². The van der Waals surface area contributed by atoms with Crippen molar-refractivity contribution in [1.82, 2.24) is 14.3 Å². The topological polar surface area (TPSA) is 75.9 Å². The lowest BCUT2D eigenvalue weighted by atomic mass is 10.2. The number of anilines is 1. The van der Waals surface area contributed by atoms with Gasteiger partial charge in [-0.1, -0.05) is 37.0 Å². The molecule has 1 saturated heterocycles. The van der Waals surface area contributed by atoms with E-state index in [1.165, 1.54) is 16.2 Å². The molecule has 0 spiro atoms. The summed E-state index contributed by atoms with van der Waals surface area (Å²) in [6, 6.07) is 3.74. The highest BCUT2D eigenvalue weighted by Gasteiger charge is 2.35. The number of amides is 1. The molecule has 1 fully saturated rings. The third-order valence-corrected chi connectivity index (χ3v) is 6.53. The lowest BCUT2D eigenvalue weighted by Crippen LogP contribution is -2.36. The zero-order valence-corrected chi connectivity index (χ0v) is 20.8. The molecule has 3 rings (SSSR count). The average molecular weight is 475 g/mol. The van der Waals surface area contributed by atoms with Gasteiger partial charge in [0.15, 0.2) is 0 Å². The van der Waals surface area contributed by atoms with E-state index < -0.39 is 0 Å². The number of carbonyl (C=O) groups is 1. The van der Waals surface area contributed by atoms with Crippen molar-refractivity contribution in [2.24, 2.45) is 0 Å². The Bertz CT molecular complexity index is 1110. The van der Waals surface area contributed by atoms with Gasteiger partial charge < -0.3 is 10.1 Å². The number of ether oxygens (including phenoxy) is 1. The minimum absolute atomic E-state index is 0.00503.